The summed E-state index contributed by atoms with van der Waals surface area (Å²) in [6.45, 7) is 5.10. The SMILES string of the molecule is CCC(=O)c1cnc(NC(=O)C2CC2)cc1Nc1cccc(-c2cc(P(C)(C)=O)n(C)n2)c1C#N. The number of benzene rings is 1. The van der Waals surface area contributed by atoms with Crippen LogP contribution in [0.3, 0.4) is 0 Å². The number of rotatable bonds is 8. The Kier molecular flexibility index (Phi) is 6.60. The Bertz CT molecular complexity index is 1410. The molecule has 0 saturated heterocycles. The molecule has 1 aliphatic carbocycles. The van der Waals surface area contributed by atoms with Crippen molar-refractivity contribution in [1.82, 2.24) is 14.8 Å². The summed E-state index contributed by atoms with van der Waals surface area (Å²) in [6.07, 6.45) is 3.45. The number of amides is 1. The molecular formula is C25H27N6O3P. The van der Waals surface area contributed by atoms with Gasteiger partial charge in [-0.05, 0) is 38.3 Å². The van der Waals surface area contributed by atoms with Crippen LogP contribution in [0.4, 0.5) is 17.2 Å². The molecule has 180 valence electrons. The molecule has 0 unspecified atom stereocenters. The molecule has 1 fully saturated rings. The van der Waals surface area contributed by atoms with Gasteiger partial charge in [0.1, 0.15) is 19.0 Å². The minimum atomic E-state index is -2.56. The van der Waals surface area contributed by atoms with Crippen LogP contribution in [0.15, 0.2) is 36.5 Å². The predicted octanol–water partition coefficient (Wildman–Crippen LogP) is 4.29. The van der Waals surface area contributed by atoms with Crippen molar-refractivity contribution in [2.75, 3.05) is 24.0 Å². The average molecular weight is 491 g/mol. The number of carbonyl (C=O) groups excluding carboxylic acids is 2. The van der Waals surface area contributed by atoms with E-state index in [0.717, 1.165) is 12.8 Å². The summed E-state index contributed by atoms with van der Waals surface area (Å²) < 4.78 is 14.2. The van der Waals surface area contributed by atoms with Crippen molar-refractivity contribution in [2.24, 2.45) is 13.0 Å². The first-order valence-corrected chi connectivity index (χ1v) is 14.0. The van der Waals surface area contributed by atoms with Crippen molar-refractivity contribution in [1.29, 1.82) is 5.26 Å². The molecule has 2 aromatic heterocycles. The fourth-order valence-corrected chi connectivity index (χ4v) is 5.02. The monoisotopic (exact) mass is 490 g/mol. The number of nitriles is 1. The maximum atomic E-state index is 12.6. The van der Waals surface area contributed by atoms with Gasteiger partial charge in [0.05, 0.1) is 33.6 Å². The van der Waals surface area contributed by atoms with Crippen LogP contribution < -0.4 is 16.1 Å². The second-order valence-corrected chi connectivity index (χ2v) is 12.1. The number of anilines is 3. The number of nitrogens with one attached hydrogen (secondary N) is 2. The van der Waals surface area contributed by atoms with Crippen molar-refractivity contribution in [3.8, 4) is 17.3 Å². The zero-order valence-corrected chi connectivity index (χ0v) is 21.0. The van der Waals surface area contributed by atoms with Gasteiger partial charge >= 0.3 is 0 Å². The van der Waals surface area contributed by atoms with Crippen LogP contribution in [0.1, 0.15) is 42.1 Å². The van der Waals surface area contributed by atoms with Gasteiger partial charge in [-0.25, -0.2) is 4.98 Å². The zero-order chi connectivity index (χ0) is 25.3. The fraction of sp³-hybridized carbons (Fsp3) is 0.320. The van der Waals surface area contributed by atoms with Gasteiger partial charge in [-0.3, -0.25) is 14.3 Å². The van der Waals surface area contributed by atoms with Gasteiger partial charge in [-0.2, -0.15) is 10.4 Å². The summed E-state index contributed by atoms with van der Waals surface area (Å²) in [5.41, 5.74) is 3.33. The molecule has 0 atom stereocenters. The molecule has 1 aromatic carbocycles. The number of aryl methyl sites for hydroxylation is 1. The fourth-order valence-electron chi connectivity index (χ4n) is 3.84. The highest BCUT2D eigenvalue weighted by Crippen LogP contribution is 2.37. The summed E-state index contributed by atoms with van der Waals surface area (Å²) in [5, 5.41) is 20.5. The van der Waals surface area contributed by atoms with E-state index < -0.39 is 7.14 Å². The molecule has 3 aromatic rings. The third-order valence-electron chi connectivity index (χ3n) is 5.85. The number of hydrogen-bond donors (Lipinski definition) is 2. The topological polar surface area (TPSA) is 130 Å². The van der Waals surface area contributed by atoms with Crippen LogP contribution in [0.25, 0.3) is 11.3 Å². The van der Waals surface area contributed by atoms with E-state index in [2.05, 4.69) is 26.8 Å². The van der Waals surface area contributed by atoms with Gasteiger partial charge in [0.2, 0.25) is 5.91 Å². The highest BCUT2D eigenvalue weighted by molar-refractivity contribution is 7.69. The number of carbonyl (C=O) groups is 2. The molecule has 35 heavy (non-hydrogen) atoms. The highest BCUT2D eigenvalue weighted by atomic mass is 31.2. The van der Waals surface area contributed by atoms with Crippen LogP contribution in [0.5, 0.6) is 0 Å². The summed E-state index contributed by atoms with van der Waals surface area (Å²) >= 11 is 0. The first-order valence-electron chi connectivity index (χ1n) is 11.4. The first kappa shape index (κ1) is 24.4. The number of Topliss-reactive ketones (excluding diaryl/α,β-unsaturated/α-hetero) is 1. The van der Waals surface area contributed by atoms with Crippen molar-refractivity contribution in [3.05, 3.63) is 47.7 Å². The van der Waals surface area contributed by atoms with Crippen molar-refractivity contribution >= 4 is 41.5 Å². The second-order valence-electron chi connectivity index (χ2n) is 8.98. The van der Waals surface area contributed by atoms with E-state index in [1.54, 1.807) is 62.3 Å². The third kappa shape index (κ3) is 5.18. The first-order chi connectivity index (χ1) is 16.6. The zero-order valence-electron chi connectivity index (χ0n) is 20.1. The van der Waals surface area contributed by atoms with E-state index in [1.807, 2.05) is 0 Å². The third-order valence-corrected chi connectivity index (χ3v) is 7.38. The Morgan fingerprint density at radius 1 is 1.23 bits per heavy atom. The van der Waals surface area contributed by atoms with Crippen LogP contribution in [0, 0.1) is 17.2 Å². The van der Waals surface area contributed by atoms with Crippen molar-refractivity contribution < 1.29 is 14.2 Å². The van der Waals surface area contributed by atoms with Gasteiger partial charge in [0.25, 0.3) is 0 Å². The van der Waals surface area contributed by atoms with Gasteiger partial charge in [0, 0.05) is 37.2 Å². The lowest BCUT2D eigenvalue weighted by molar-refractivity contribution is -0.117. The Morgan fingerprint density at radius 2 is 1.97 bits per heavy atom. The molecule has 2 N–H and O–H groups in total. The molecule has 1 aliphatic rings. The average Bonchev–Trinajstić information content (AvgIpc) is 3.59. The number of nitrogens with zero attached hydrogens (tertiary/aromatic N) is 4. The number of hydrogen-bond acceptors (Lipinski definition) is 7. The Balaban J connectivity index is 1.75. The van der Waals surface area contributed by atoms with E-state index in [9.17, 15) is 19.4 Å². The molecule has 1 amide bonds. The number of pyridine rings is 1. The molecule has 0 aliphatic heterocycles. The van der Waals surface area contributed by atoms with E-state index in [1.165, 1.54) is 6.20 Å². The smallest absolute Gasteiger partial charge is 0.228 e. The molecule has 2 heterocycles. The summed E-state index contributed by atoms with van der Waals surface area (Å²) in [4.78, 5) is 29.0. The van der Waals surface area contributed by atoms with Gasteiger partial charge < -0.3 is 15.2 Å². The molecule has 1 saturated carbocycles. The number of aromatic nitrogens is 3. The van der Waals surface area contributed by atoms with Crippen molar-refractivity contribution in [2.45, 2.75) is 26.2 Å². The van der Waals surface area contributed by atoms with E-state index in [-0.39, 0.29) is 24.0 Å². The van der Waals surface area contributed by atoms with Crippen LogP contribution in [-0.4, -0.2) is 39.8 Å². The van der Waals surface area contributed by atoms with Crippen LogP contribution in [0.2, 0.25) is 0 Å². The highest BCUT2D eigenvalue weighted by Gasteiger charge is 2.30. The Morgan fingerprint density at radius 3 is 2.57 bits per heavy atom. The van der Waals surface area contributed by atoms with Gasteiger partial charge in [0.15, 0.2) is 5.78 Å². The van der Waals surface area contributed by atoms with E-state index >= 15 is 0 Å². The molecule has 9 nitrogen and oxygen atoms in total. The van der Waals surface area contributed by atoms with E-state index in [4.69, 9.17) is 0 Å². The quantitative estimate of drug-likeness (QED) is 0.356. The summed E-state index contributed by atoms with van der Waals surface area (Å²) in [6, 6.07) is 10.9. The van der Waals surface area contributed by atoms with Crippen LogP contribution in [-0.2, 0) is 16.4 Å². The normalized spacial score (nSPS) is 13.2. The minimum Gasteiger partial charge on any atom is -0.354 e. The molecule has 0 spiro atoms. The summed E-state index contributed by atoms with van der Waals surface area (Å²) in [7, 11) is -0.838. The van der Waals surface area contributed by atoms with Gasteiger partial charge in [-0.1, -0.05) is 19.1 Å². The Labute approximate surface area is 203 Å². The van der Waals surface area contributed by atoms with Crippen molar-refractivity contribution in [3.63, 3.8) is 0 Å². The lowest BCUT2D eigenvalue weighted by atomic mass is 10.0. The lowest BCUT2D eigenvalue weighted by Crippen LogP contribution is -2.15. The summed E-state index contributed by atoms with van der Waals surface area (Å²) in [5.74, 6) is 0.137. The Hall–Kier alpha value is -3.76. The van der Waals surface area contributed by atoms with Crippen LogP contribution >= 0.6 is 7.14 Å². The standard InChI is InChI=1S/C25H27N6O3P/c1-5-22(32)18-14-27-23(29-25(33)15-9-10-15)11-20(18)28-19-8-6-7-16(17(19)13-26)21-12-24(31(2)30-21)35(3,4)34/h6-8,11-12,14-15H,5,9-10H2,1-4H3,(H2,27,28,29,33). The maximum Gasteiger partial charge on any atom is 0.228 e. The minimum absolute atomic E-state index is 0.0110. The molecule has 4 rings (SSSR count). The molecule has 0 radical (unpaired) electrons. The predicted molar refractivity (Wildman–Crippen MR) is 136 cm³/mol. The number of ketones is 1. The second kappa shape index (κ2) is 9.47. The largest absolute Gasteiger partial charge is 0.354 e. The molecule has 10 heteroatoms. The molecule has 0 bridgehead atoms. The molecular weight excluding hydrogens is 463 g/mol. The van der Waals surface area contributed by atoms with E-state index in [0.29, 0.717) is 45.0 Å². The maximum absolute atomic E-state index is 12.6. The lowest BCUT2D eigenvalue weighted by Gasteiger charge is -2.15. The van der Waals surface area contributed by atoms with Gasteiger partial charge in [-0.15, -0.1) is 0 Å².